The lowest BCUT2D eigenvalue weighted by molar-refractivity contribution is 0.411. The highest BCUT2D eigenvalue weighted by atomic mass is 19.1. The number of ether oxygens (including phenoxy) is 1. The van der Waals surface area contributed by atoms with E-state index in [-0.39, 0.29) is 5.82 Å². The van der Waals surface area contributed by atoms with E-state index in [4.69, 9.17) is 4.74 Å². The number of fused-ring (bicyclic) bond motifs is 1. The highest BCUT2D eigenvalue weighted by Crippen LogP contribution is 2.34. The standard InChI is InChI=1S/C23H17FN4O/c1-29-16-10-14(9-15(24)11-16)17-5-4-7-19-18(17)12-21(26-19)23-13-22(27-28-23)20-6-2-3-8-25-20/h2-13,26H,1H3,(H,27,28). The highest BCUT2D eigenvalue weighted by Gasteiger charge is 2.13. The summed E-state index contributed by atoms with van der Waals surface area (Å²) in [6.45, 7) is 0. The van der Waals surface area contributed by atoms with Crippen LogP contribution in [0.15, 0.2) is 72.9 Å². The number of benzene rings is 2. The molecule has 0 aliphatic carbocycles. The summed E-state index contributed by atoms with van der Waals surface area (Å²) < 4.78 is 19.2. The van der Waals surface area contributed by atoms with Crippen molar-refractivity contribution in [2.24, 2.45) is 0 Å². The average Bonchev–Trinajstić information content (AvgIpc) is 3.40. The summed E-state index contributed by atoms with van der Waals surface area (Å²) in [5.41, 5.74) is 5.95. The van der Waals surface area contributed by atoms with Crippen molar-refractivity contribution < 1.29 is 9.13 Å². The van der Waals surface area contributed by atoms with Crippen LogP contribution in [0.1, 0.15) is 0 Å². The number of nitrogens with one attached hydrogen (secondary N) is 2. The number of rotatable bonds is 4. The molecule has 0 radical (unpaired) electrons. The number of aromatic amines is 2. The van der Waals surface area contributed by atoms with E-state index in [2.05, 4.69) is 20.2 Å². The minimum Gasteiger partial charge on any atom is -0.497 e. The molecular formula is C23H17FN4O. The maximum atomic E-state index is 14.0. The normalized spacial score (nSPS) is 11.1. The Balaban J connectivity index is 1.60. The summed E-state index contributed by atoms with van der Waals surface area (Å²) in [7, 11) is 1.53. The van der Waals surface area contributed by atoms with Gasteiger partial charge in [-0.05, 0) is 53.6 Å². The Hall–Kier alpha value is -3.93. The monoisotopic (exact) mass is 384 g/mol. The van der Waals surface area contributed by atoms with Gasteiger partial charge in [-0.25, -0.2) is 4.39 Å². The zero-order valence-electron chi connectivity index (χ0n) is 15.6. The summed E-state index contributed by atoms with van der Waals surface area (Å²) in [4.78, 5) is 7.75. The molecule has 142 valence electrons. The van der Waals surface area contributed by atoms with Crippen molar-refractivity contribution in [3.05, 3.63) is 78.7 Å². The highest BCUT2D eigenvalue weighted by molar-refractivity contribution is 5.98. The molecule has 0 bridgehead atoms. The van der Waals surface area contributed by atoms with Crippen LogP contribution in [0.4, 0.5) is 4.39 Å². The predicted molar refractivity (Wildman–Crippen MR) is 111 cm³/mol. The van der Waals surface area contributed by atoms with Crippen LogP contribution >= 0.6 is 0 Å². The van der Waals surface area contributed by atoms with Gasteiger partial charge in [-0.15, -0.1) is 0 Å². The van der Waals surface area contributed by atoms with Gasteiger partial charge in [-0.1, -0.05) is 18.2 Å². The van der Waals surface area contributed by atoms with Gasteiger partial charge in [0, 0.05) is 23.2 Å². The van der Waals surface area contributed by atoms with Crippen LogP contribution in [0.25, 0.3) is 44.8 Å². The first kappa shape index (κ1) is 17.2. The van der Waals surface area contributed by atoms with Crippen molar-refractivity contribution >= 4 is 10.9 Å². The van der Waals surface area contributed by atoms with Gasteiger partial charge in [0.2, 0.25) is 0 Å². The zero-order chi connectivity index (χ0) is 19.8. The van der Waals surface area contributed by atoms with Crippen molar-refractivity contribution in [1.82, 2.24) is 20.2 Å². The fourth-order valence-corrected chi connectivity index (χ4v) is 3.49. The van der Waals surface area contributed by atoms with Crippen LogP contribution in [-0.2, 0) is 0 Å². The summed E-state index contributed by atoms with van der Waals surface area (Å²) >= 11 is 0. The van der Waals surface area contributed by atoms with Gasteiger partial charge >= 0.3 is 0 Å². The largest absolute Gasteiger partial charge is 0.497 e. The van der Waals surface area contributed by atoms with Gasteiger partial charge in [0.05, 0.1) is 24.2 Å². The Morgan fingerprint density at radius 1 is 0.897 bits per heavy atom. The molecule has 6 heteroatoms. The van der Waals surface area contributed by atoms with Crippen molar-refractivity contribution in [3.63, 3.8) is 0 Å². The molecule has 0 aliphatic heterocycles. The maximum absolute atomic E-state index is 14.0. The molecule has 0 amide bonds. The number of aromatic nitrogens is 4. The van der Waals surface area contributed by atoms with Gasteiger partial charge in [0.15, 0.2) is 0 Å². The number of hydrogen-bond donors (Lipinski definition) is 2. The fourth-order valence-electron chi connectivity index (χ4n) is 3.49. The van der Waals surface area contributed by atoms with E-state index in [1.54, 1.807) is 6.20 Å². The number of halogens is 1. The minimum atomic E-state index is -0.334. The lowest BCUT2D eigenvalue weighted by atomic mass is 10.0. The first-order valence-electron chi connectivity index (χ1n) is 9.15. The van der Waals surface area contributed by atoms with E-state index in [1.165, 1.54) is 19.2 Å². The molecule has 5 nitrogen and oxygen atoms in total. The number of pyridine rings is 1. The maximum Gasteiger partial charge on any atom is 0.127 e. The van der Waals surface area contributed by atoms with Crippen LogP contribution in [-0.4, -0.2) is 27.3 Å². The van der Waals surface area contributed by atoms with Crippen LogP contribution in [0, 0.1) is 5.82 Å². The van der Waals surface area contributed by atoms with Crippen molar-refractivity contribution in [2.45, 2.75) is 0 Å². The molecule has 3 heterocycles. The molecule has 0 saturated heterocycles. The third-order valence-corrected chi connectivity index (χ3v) is 4.88. The lowest BCUT2D eigenvalue weighted by Crippen LogP contribution is -1.87. The van der Waals surface area contributed by atoms with Gasteiger partial charge in [0.1, 0.15) is 17.3 Å². The van der Waals surface area contributed by atoms with Crippen LogP contribution in [0.3, 0.4) is 0 Å². The summed E-state index contributed by atoms with van der Waals surface area (Å²) in [5.74, 6) is 0.152. The van der Waals surface area contributed by atoms with E-state index in [0.717, 1.165) is 44.8 Å². The predicted octanol–water partition coefficient (Wildman–Crippen LogP) is 5.43. The molecule has 0 fully saturated rings. The molecule has 0 aliphatic rings. The Kier molecular flexibility index (Phi) is 4.09. The van der Waals surface area contributed by atoms with Crippen molar-refractivity contribution in [2.75, 3.05) is 7.11 Å². The smallest absolute Gasteiger partial charge is 0.127 e. The van der Waals surface area contributed by atoms with Crippen molar-refractivity contribution in [3.8, 4) is 39.7 Å². The lowest BCUT2D eigenvalue weighted by Gasteiger charge is -2.07. The summed E-state index contributed by atoms with van der Waals surface area (Å²) in [5, 5.41) is 8.44. The minimum absolute atomic E-state index is 0.334. The SMILES string of the molecule is COc1cc(F)cc(-c2cccc3[nH]c(-c4cc(-c5ccccn5)[nH]n4)cc23)c1. The summed E-state index contributed by atoms with van der Waals surface area (Å²) in [6.07, 6.45) is 1.75. The molecule has 29 heavy (non-hydrogen) atoms. The number of methoxy groups -OCH3 is 1. The second-order valence-corrected chi connectivity index (χ2v) is 6.71. The van der Waals surface area contributed by atoms with E-state index in [0.29, 0.717) is 5.75 Å². The Labute approximate surface area is 166 Å². The number of H-pyrrole nitrogens is 2. The van der Waals surface area contributed by atoms with E-state index < -0.39 is 0 Å². The third kappa shape index (κ3) is 3.14. The Morgan fingerprint density at radius 3 is 2.66 bits per heavy atom. The van der Waals surface area contributed by atoms with Crippen molar-refractivity contribution in [1.29, 1.82) is 0 Å². The van der Waals surface area contributed by atoms with Gasteiger partial charge in [-0.3, -0.25) is 10.1 Å². The average molecular weight is 384 g/mol. The molecule has 5 rings (SSSR count). The zero-order valence-corrected chi connectivity index (χ0v) is 15.6. The Morgan fingerprint density at radius 2 is 1.83 bits per heavy atom. The number of hydrogen-bond acceptors (Lipinski definition) is 3. The molecule has 2 aromatic carbocycles. The first-order chi connectivity index (χ1) is 14.2. The third-order valence-electron chi connectivity index (χ3n) is 4.88. The van der Waals surface area contributed by atoms with Gasteiger partial charge < -0.3 is 9.72 Å². The molecular weight excluding hydrogens is 367 g/mol. The second-order valence-electron chi connectivity index (χ2n) is 6.71. The van der Waals surface area contributed by atoms with E-state index in [1.807, 2.05) is 54.6 Å². The topological polar surface area (TPSA) is 66.6 Å². The van der Waals surface area contributed by atoms with Crippen LogP contribution < -0.4 is 4.74 Å². The molecule has 0 saturated carbocycles. The van der Waals surface area contributed by atoms with Gasteiger partial charge in [-0.2, -0.15) is 5.10 Å². The first-order valence-corrected chi connectivity index (χ1v) is 9.15. The molecule has 0 atom stereocenters. The second kappa shape index (κ2) is 6.91. The molecule has 0 unspecified atom stereocenters. The van der Waals surface area contributed by atoms with Gasteiger partial charge in [0.25, 0.3) is 0 Å². The van der Waals surface area contributed by atoms with E-state index in [9.17, 15) is 4.39 Å². The molecule has 5 aromatic rings. The quantitative estimate of drug-likeness (QED) is 0.434. The van der Waals surface area contributed by atoms with Crippen LogP contribution in [0.5, 0.6) is 5.75 Å². The fraction of sp³-hybridized carbons (Fsp3) is 0.0435. The summed E-state index contributed by atoms with van der Waals surface area (Å²) in [6, 6.07) is 20.3. The molecule has 0 spiro atoms. The Bertz CT molecular complexity index is 1310. The van der Waals surface area contributed by atoms with E-state index >= 15 is 0 Å². The molecule has 3 aromatic heterocycles. The number of nitrogens with zero attached hydrogens (tertiary/aromatic N) is 2. The molecule has 2 N–H and O–H groups in total. The van der Waals surface area contributed by atoms with Crippen LogP contribution in [0.2, 0.25) is 0 Å².